The first-order chi connectivity index (χ1) is 12.5. The average molecular weight is 375 g/mol. The van der Waals surface area contributed by atoms with Gasteiger partial charge >= 0.3 is 0 Å². The number of hydrogen-bond acceptors (Lipinski definition) is 5. The topological polar surface area (TPSA) is 75.4 Å². The predicted molar refractivity (Wildman–Crippen MR) is 94.5 cm³/mol. The van der Waals surface area contributed by atoms with E-state index in [0.717, 1.165) is 17.5 Å². The first-order valence-electron chi connectivity index (χ1n) is 8.18. The molecule has 0 spiro atoms. The van der Waals surface area contributed by atoms with E-state index in [2.05, 4.69) is 20.3 Å². The number of imidazole rings is 1. The molecule has 0 radical (unpaired) electrons. The first-order valence-corrected chi connectivity index (χ1v) is 8.56. The second-order valence-corrected chi connectivity index (χ2v) is 6.59. The minimum atomic E-state index is -0.549. The summed E-state index contributed by atoms with van der Waals surface area (Å²) in [7, 11) is 0. The van der Waals surface area contributed by atoms with Gasteiger partial charge in [-0.2, -0.15) is 4.98 Å². The molecule has 3 aromatic rings. The van der Waals surface area contributed by atoms with Crippen LogP contribution in [0.15, 0.2) is 36.8 Å². The van der Waals surface area contributed by atoms with Gasteiger partial charge in [-0.05, 0) is 30.7 Å². The molecule has 0 aromatic carbocycles. The van der Waals surface area contributed by atoms with Crippen molar-refractivity contribution >= 4 is 29.0 Å². The van der Waals surface area contributed by atoms with E-state index in [1.807, 2.05) is 35.7 Å². The Bertz CT molecular complexity index is 971. The highest BCUT2D eigenvalue weighted by atomic mass is 35.5. The van der Waals surface area contributed by atoms with Crippen molar-refractivity contribution in [2.45, 2.75) is 13.0 Å². The smallest absolute Gasteiger partial charge is 0.227 e. The van der Waals surface area contributed by atoms with Crippen molar-refractivity contribution in [2.24, 2.45) is 5.92 Å². The molecule has 1 fully saturated rings. The molecule has 4 heterocycles. The zero-order valence-electron chi connectivity index (χ0n) is 13.9. The molecule has 1 aliphatic heterocycles. The average Bonchev–Trinajstić information content (AvgIpc) is 3.01. The number of fused-ring (bicyclic) bond motifs is 1. The summed E-state index contributed by atoms with van der Waals surface area (Å²) < 4.78 is 15.7. The van der Waals surface area contributed by atoms with Crippen LogP contribution in [0.25, 0.3) is 5.65 Å². The zero-order chi connectivity index (χ0) is 18.3. The maximum atomic E-state index is 13.8. The molecular weight excluding hydrogens is 359 g/mol. The monoisotopic (exact) mass is 374 g/mol. The lowest BCUT2D eigenvalue weighted by Crippen LogP contribution is -2.54. The normalized spacial score (nSPS) is 15.7. The van der Waals surface area contributed by atoms with E-state index in [-0.39, 0.29) is 29.0 Å². The Balaban J connectivity index is 1.40. The van der Waals surface area contributed by atoms with E-state index in [9.17, 15) is 9.18 Å². The molecule has 0 bridgehead atoms. The molecule has 134 valence electrons. The maximum Gasteiger partial charge on any atom is 0.227 e. The molecule has 1 atom stereocenters. The summed E-state index contributed by atoms with van der Waals surface area (Å²) >= 11 is 5.71. The van der Waals surface area contributed by atoms with E-state index in [1.54, 1.807) is 11.1 Å². The molecule has 4 rings (SSSR count). The van der Waals surface area contributed by atoms with Gasteiger partial charge < -0.3 is 14.6 Å². The first kappa shape index (κ1) is 16.7. The second-order valence-electron chi connectivity index (χ2n) is 6.25. The molecule has 1 amide bonds. The molecule has 1 aliphatic rings. The van der Waals surface area contributed by atoms with E-state index >= 15 is 0 Å². The van der Waals surface area contributed by atoms with Gasteiger partial charge in [0.15, 0.2) is 11.6 Å². The lowest BCUT2D eigenvalue weighted by Gasteiger charge is -2.39. The third kappa shape index (κ3) is 2.96. The Kier molecular flexibility index (Phi) is 4.20. The van der Waals surface area contributed by atoms with Crippen molar-refractivity contribution in [2.75, 3.05) is 18.0 Å². The van der Waals surface area contributed by atoms with Gasteiger partial charge in [0.2, 0.25) is 11.2 Å². The van der Waals surface area contributed by atoms with Crippen molar-refractivity contribution in [1.29, 1.82) is 0 Å². The number of carbonyl (C=O) groups is 1. The number of nitrogens with one attached hydrogen (secondary N) is 1. The van der Waals surface area contributed by atoms with Crippen LogP contribution in [-0.2, 0) is 4.79 Å². The van der Waals surface area contributed by atoms with E-state index in [1.165, 1.54) is 0 Å². The summed E-state index contributed by atoms with van der Waals surface area (Å²) in [6, 6.07) is 5.54. The number of rotatable bonds is 4. The van der Waals surface area contributed by atoms with Crippen molar-refractivity contribution < 1.29 is 9.18 Å². The number of halogens is 2. The largest absolute Gasteiger partial charge is 0.352 e. The van der Waals surface area contributed by atoms with Gasteiger partial charge in [0.1, 0.15) is 5.65 Å². The van der Waals surface area contributed by atoms with Crippen LogP contribution >= 0.6 is 11.6 Å². The number of nitrogens with zero attached hydrogens (tertiary/aromatic N) is 5. The lowest BCUT2D eigenvalue weighted by molar-refractivity contribution is -0.126. The van der Waals surface area contributed by atoms with Crippen LogP contribution in [0.5, 0.6) is 0 Å². The summed E-state index contributed by atoms with van der Waals surface area (Å²) in [4.78, 5) is 26.0. The van der Waals surface area contributed by atoms with Gasteiger partial charge in [-0.1, -0.05) is 6.07 Å². The Morgan fingerprint density at radius 2 is 2.15 bits per heavy atom. The highest BCUT2D eigenvalue weighted by molar-refractivity contribution is 6.28. The van der Waals surface area contributed by atoms with E-state index in [4.69, 9.17) is 11.6 Å². The van der Waals surface area contributed by atoms with Gasteiger partial charge in [-0.15, -0.1) is 0 Å². The maximum absolute atomic E-state index is 13.8. The lowest BCUT2D eigenvalue weighted by atomic mass is 9.98. The fourth-order valence-electron chi connectivity index (χ4n) is 3.05. The minimum Gasteiger partial charge on any atom is -0.352 e. The summed E-state index contributed by atoms with van der Waals surface area (Å²) in [5.74, 6) is -0.735. The van der Waals surface area contributed by atoms with Crippen molar-refractivity contribution in [1.82, 2.24) is 24.7 Å². The minimum absolute atomic E-state index is 0.0180. The molecule has 0 aliphatic carbocycles. The summed E-state index contributed by atoms with van der Waals surface area (Å²) in [5, 5.41) is 2.98. The molecule has 7 nitrogen and oxygen atoms in total. The third-order valence-electron chi connectivity index (χ3n) is 4.50. The number of carbonyl (C=O) groups excluding carboxylic acids is 1. The molecule has 1 unspecified atom stereocenters. The molecule has 0 saturated carbocycles. The van der Waals surface area contributed by atoms with Crippen LogP contribution < -0.4 is 10.2 Å². The van der Waals surface area contributed by atoms with E-state index < -0.39 is 5.82 Å². The van der Waals surface area contributed by atoms with E-state index in [0.29, 0.717) is 13.1 Å². The molecule has 1 saturated heterocycles. The number of amides is 1. The summed E-state index contributed by atoms with van der Waals surface area (Å²) in [5.41, 5.74) is 1.73. The van der Waals surface area contributed by atoms with Crippen LogP contribution in [0.3, 0.4) is 0 Å². The fraction of sp³-hybridized carbons (Fsp3) is 0.294. The molecular formula is C17H16ClFN6O. The Hall–Kier alpha value is -2.74. The van der Waals surface area contributed by atoms with Crippen LogP contribution in [0.4, 0.5) is 10.2 Å². The molecule has 3 aromatic heterocycles. The third-order valence-corrected chi connectivity index (χ3v) is 4.68. The standard InChI is InChI=1S/C17H16ClFN6O/c1-10(13-7-20-14-4-2-3-5-25(13)14)22-16(26)11-8-24(9-11)15-12(19)6-21-17(18)23-15/h2-7,10-11H,8-9H2,1H3,(H,22,26). The second kappa shape index (κ2) is 6.53. The highest BCUT2D eigenvalue weighted by Gasteiger charge is 2.35. The van der Waals surface area contributed by atoms with Crippen LogP contribution in [0, 0.1) is 11.7 Å². The van der Waals surface area contributed by atoms with Crippen molar-refractivity contribution in [3.63, 3.8) is 0 Å². The van der Waals surface area contributed by atoms with Gasteiger partial charge in [-0.3, -0.25) is 4.79 Å². The van der Waals surface area contributed by atoms with Crippen molar-refractivity contribution in [3.05, 3.63) is 53.6 Å². The number of aromatic nitrogens is 4. The number of anilines is 1. The predicted octanol–water partition coefficient (Wildman–Crippen LogP) is 2.23. The SMILES string of the molecule is CC(NC(=O)C1CN(c2nc(Cl)ncc2F)C1)c1cnc2ccccn12. The van der Waals surface area contributed by atoms with Gasteiger partial charge in [-0.25, -0.2) is 14.4 Å². The highest BCUT2D eigenvalue weighted by Crippen LogP contribution is 2.26. The van der Waals surface area contributed by atoms with Gasteiger partial charge in [0.05, 0.1) is 30.0 Å². The fourth-order valence-corrected chi connectivity index (χ4v) is 3.18. The number of pyridine rings is 1. The van der Waals surface area contributed by atoms with Crippen LogP contribution in [0.2, 0.25) is 5.28 Å². The van der Waals surface area contributed by atoms with Crippen LogP contribution in [-0.4, -0.2) is 38.3 Å². The Labute approximate surface area is 153 Å². The number of hydrogen-bond donors (Lipinski definition) is 1. The summed E-state index contributed by atoms with van der Waals surface area (Å²) in [6.07, 6.45) is 4.70. The van der Waals surface area contributed by atoms with Crippen molar-refractivity contribution in [3.8, 4) is 0 Å². The Morgan fingerprint density at radius 3 is 2.96 bits per heavy atom. The van der Waals surface area contributed by atoms with Gasteiger partial charge in [0, 0.05) is 19.3 Å². The molecule has 9 heteroatoms. The quantitative estimate of drug-likeness (QED) is 0.709. The molecule has 1 N–H and O–H groups in total. The van der Waals surface area contributed by atoms with Gasteiger partial charge in [0.25, 0.3) is 0 Å². The zero-order valence-corrected chi connectivity index (χ0v) is 14.7. The van der Waals surface area contributed by atoms with Crippen LogP contribution in [0.1, 0.15) is 18.7 Å². The Morgan fingerprint density at radius 1 is 1.35 bits per heavy atom. The molecule has 26 heavy (non-hydrogen) atoms. The summed E-state index contributed by atoms with van der Waals surface area (Å²) in [6.45, 7) is 2.68.